The Bertz CT molecular complexity index is 205. The van der Waals surface area contributed by atoms with Crippen LogP contribution in [0.4, 0.5) is 0 Å². The molecular formula is C18H37O2Si. The highest BCUT2D eigenvalue weighted by atomic mass is 28.3. The van der Waals surface area contributed by atoms with Gasteiger partial charge in [-0.3, -0.25) is 0 Å². The molecule has 0 unspecified atom stereocenters. The van der Waals surface area contributed by atoms with Gasteiger partial charge in [0, 0.05) is 14.2 Å². The van der Waals surface area contributed by atoms with Gasteiger partial charge in [-0.2, -0.15) is 0 Å². The third-order valence-electron chi connectivity index (χ3n) is 3.99. The van der Waals surface area contributed by atoms with Crippen molar-refractivity contribution in [3.8, 4) is 0 Å². The predicted molar refractivity (Wildman–Crippen MR) is 94.8 cm³/mol. The molecule has 0 saturated carbocycles. The molecule has 0 N–H and O–H groups in total. The van der Waals surface area contributed by atoms with Crippen LogP contribution < -0.4 is 0 Å². The zero-order valence-electron chi connectivity index (χ0n) is 14.5. The van der Waals surface area contributed by atoms with Crippen LogP contribution in [0, 0.1) is 0 Å². The lowest BCUT2D eigenvalue weighted by Gasteiger charge is -2.08. The largest absolute Gasteiger partial charge is 0.397 e. The molecule has 0 aliphatic rings. The van der Waals surface area contributed by atoms with Gasteiger partial charge >= 0.3 is 9.28 Å². The number of hydrogen-bond donors (Lipinski definition) is 0. The Morgan fingerprint density at radius 1 is 0.667 bits per heavy atom. The number of allylic oxidation sites excluding steroid dienone is 1. The highest BCUT2D eigenvalue weighted by Gasteiger charge is 2.10. The predicted octanol–water partition coefficient (Wildman–Crippen LogP) is 6.02. The fraction of sp³-hybridized carbons (Fsp3) is 0.889. The first-order chi connectivity index (χ1) is 10.3. The molecule has 0 spiro atoms. The lowest BCUT2D eigenvalue weighted by molar-refractivity contribution is 0.276. The average molecular weight is 314 g/mol. The summed E-state index contributed by atoms with van der Waals surface area (Å²) >= 11 is 0. The maximum absolute atomic E-state index is 5.29. The average Bonchev–Trinajstić information content (AvgIpc) is 2.51. The maximum Gasteiger partial charge on any atom is 0.384 e. The lowest BCUT2D eigenvalue weighted by atomic mass is 10.0. The van der Waals surface area contributed by atoms with E-state index in [0.29, 0.717) is 0 Å². The minimum Gasteiger partial charge on any atom is -0.397 e. The van der Waals surface area contributed by atoms with E-state index in [2.05, 4.69) is 6.58 Å². The fourth-order valence-electron chi connectivity index (χ4n) is 2.61. The first-order valence-corrected chi connectivity index (χ1v) is 10.4. The van der Waals surface area contributed by atoms with Gasteiger partial charge in [-0.1, -0.05) is 76.7 Å². The van der Waals surface area contributed by atoms with Gasteiger partial charge in [0.15, 0.2) is 0 Å². The zero-order chi connectivity index (χ0) is 15.6. The van der Waals surface area contributed by atoms with Crippen molar-refractivity contribution in [1.82, 2.24) is 0 Å². The molecule has 0 aromatic heterocycles. The van der Waals surface area contributed by atoms with Crippen molar-refractivity contribution in [3.63, 3.8) is 0 Å². The van der Waals surface area contributed by atoms with Gasteiger partial charge in [-0.15, -0.1) is 6.58 Å². The highest BCUT2D eigenvalue weighted by Crippen LogP contribution is 2.13. The molecule has 2 nitrogen and oxygen atoms in total. The zero-order valence-corrected chi connectivity index (χ0v) is 15.5. The molecule has 0 aromatic carbocycles. The maximum atomic E-state index is 5.29. The van der Waals surface area contributed by atoms with E-state index < -0.39 is 9.28 Å². The summed E-state index contributed by atoms with van der Waals surface area (Å²) in [5, 5.41) is 0. The Hall–Kier alpha value is -0.123. The highest BCUT2D eigenvalue weighted by molar-refractivity contribution is 6.44. The first-order valence-electron chi connectivity index (χ1n) is 8.89. The van der Waals surface area contributed by atoms with Gasteiger partial charge in [0.25, 0.3) is 0 Å². The van der Waals surface area contributed by atoms with E-state index in [1.165, 1.54) is 83.5 Å². The Morgan fingerprint density at radius 2 is 1.05 bits per heavy atom. The quantitative estimate of drug-likeness (QED) is 0.185. The van der Waals surface area contributed by atoms with Gasteiger partial charge in [0.1, 0.15) is 0 Å². The molecule has 0 fully saturated rings. The van der Waals surface area contributed by atoms with Crippen molar-refractivity contribution in [2.75, 3.05) is 14.2 Å². The third kappa shape index (κ3) is 16.1. The van der Waals surface area contributed by atoms with Gasteiger partial charge < -0.3 is 8.85 Å². The molecule has 125 valence electrons. The van der Waals surface area contributed by atoms with Crippen molar-refractivity contribution in [2.24, 2.45) is 0 Å². The minimum absolute atomic E-state index is 0.944. The van der Waals surface area contributed by atoms with Crippen molar-refractivity contribution in [3.05, 3.63) is 12.7 Å². The standard InChI is InChI=1S/C18H37O2Si/c1-4-5-6-7-8-9-10-11-12-13-14-15-16-17-18-21(19-2)20-3/h4H,1,5-18H2,2-3H3. The number of unbranched alkanes of at least 4 members (excludes halogenated alkanes) is 12. The Balaban J connectivity index is 3.04. The van der Waals surface area contributed by atoms with E-state index in [0.717, 1.165) is 6.04 Å². The second-order valence-corrected chi connectivity index (χ2v) is 7.91. The Labute approximate surface area is 135 Å². The molecule has 3 heteroatoms. The molecule has 0 rings (SSSR count). The van der Waals surface area contributed by atoms with Gasteiger partial charge in [-0.05, 0) is 18.9 Å². The summed E-state index contributed by atoms with van der Waals surface area (Å²) in [4.78, 5) is 0. The van der Waals surface area contributed by atoms with E-state index >= 15 is 0 Å². The summed E-state index contributed by atoms with van der Waals surface area (Å²) in [6.07, 6.45) is 19.9. The molecule has 21 heavy (non-hydrogen) atoms. The molecule has 0 saturated heterocycles. The van der Waals surface area contributed by atoms with Gasteiger partial charge in [0.2, 0.25) is 0 Å². The molecule has 0 atom stereocenters. The van der Waals surface area contributed by atoms with Crippen molar-refractivity contribution < 1.29 is 8.85 Å². The summed E-state index contributed by atoms with van der Waals surface area (Å²) in [6, 6.07) is 1.13. The molecule has 0 heterocycles. The van der Waals surface area contributed by atoms with E-state index in [-0.39, 0.29) is 0 Å². The fourth-order valence-corrected chi connectivity index (χ4v) is 3.73. The topological polar surface area (TPSA) is 18.5 Å². The molecule has 0 aliphatic carbocycles. The Kier molecular flexibility index (Phi) is 17.8. The van der Waals surface area contributed by atoms with E-state index in [9.17, 15) is 0 Å². The van der Waals surface area contributed by atoms with E-state index in [1.54, 1.807) is 14.2 Å². The summed E-state index contributed by atoms with van der Waals surface area (Å²) in [6.45, 7) is 3.76. The van der Waals surface area contributed by atoms with Gasteiger partial charge in [0.05, 0.1) is 0 Å². The van der Waals surface area contributed by atoms with Crippen LogP contribution >= 0.6 is 0 Å². The van der Waals surface area contributed by atoms with Crippen molar-refractivity contribution >= 4 is 9.28 Å². The SMILES string of the molecule is C=CCCCCCCCCCCCCCC[Si](OC)OC. The summed E-state index contributed by atoms with van der Waals surface area (Å²) in [5.41, 5.74) is 0. The van der Waals surface area contributed by atoms with Crippen LogP contribution in [0.5, 0.6) is 0 Å². The first kappa shape index (κ1) is 20.9. The van der Waals surface area contributed by atoms with Crippen LogP contribution in [-0.2, 0) is 8.85 Å². The normalized spacial score (nSPS) is 11.2. The second kappa shape index (κ2) is 17.9. The van der Waals surface area contributed by atoms with Crippen LogP contribution in [0.3, 0.4) is 0 Å². The summed E-state index contributed by atoms with van der Waals surface area (Å²) in [5.74, 6) is 0. The van der Waals surface area contributed by atoms with Gasteiger partial charge in [-0.25, -0.2) is 0 Å². The van der Waals surface area contributed by atoms with Crippen LogP contribution in [0.25, 0.3) is 0 Å². The van der Waals surface area contributed by atoms with E-state index in [4.69, 9.17) is 8.85 Å². The molecule has 1 radical (unpaired) electrons. The second-order valence-electron chi connectivity index (χ2n) is 5.85. The number of hydrogen-bond acceptors (Lipinski definition) is 2. The van der Waals surface area contributed by atoms with E-state index in [1.807, 2.05) is 6.08 Å². The molecular weight excluding hydrogens is 276 g/mol. The van der Waals surface area contributed by atoms with Crippen LogP contribution in [0.2, 0.25) is 6.04 Å². The van der Waals surface area contributed by atoms with Crippen molar-refractivity contribution in [2.45, 2.75) is 89.5 Å². The van der Waals surface area contributed by atoms with Crippen LogP contribution in [0.15, 0.2) is 12.7 Å². The Morgan fingerprint density at radius 3 is 1.43 bits per heavy atom. The van der Waals surface area contributed by atoms with Crippen LogP contribution in [-0.4, -0.2) is 23.5 Å². The summed E-state index contributed by atoms with van der Waals surface area (Å²) < 4.78 is 10.6. The number of rotatable bonds is 17. The van der Waals surface area contributed by atoms with Crippen LogP contribution in [0.1, 0.15) is 83.5 Å². The summed E-state index contributed by atoms with van der Waals surface area (Å²) in [7, 11) is 2.58. The molecule has 0 aliphatic heterocycles. The molecule has 0 bridgehead atoms. The molecule has 0 amide bonds. The monoisotopic (exact) mass is 313 g/mol. The van der Waals surface area contributed by atoms with Crippen molar-refractivity contribution in [1.29, 1.82) is 0 Å². The minimum atomic E-state index is -0.944. The molecule has 0 aromatic rings. The third-order valence-corrected chi connectivity index (χ3v) is 5.67. The smallest absolute Gasteiger partial charge is 0.384 e. The lowest BCUT2D eigenvalue weighted by Crippen LogP contribution is -2.18.